The summed E-state index contributed by atoms with van der Waals surface area (Å²) in [5.74, 6) is 0.0936. The molecule has 2 atom stereocenters. The Morgan fingerprint density at radius 1 is 1.19 bits per heavy atom. The number of halogens is 3. The van der Waals surface area contributed by atoms with Gasteiger partial charge in [0.2, 0.25) is 0 Å². The zero-order valence-corrected chi connectivity index (χ0v) is 17.5. The number of carboxylic acid groups (broad SMARTS) is 1. The van der Waals surface area contributed by atoms with E-state index in [1.165, 1.54) is 28.4 Å². The number of hydrogen-bond acceptors (Lipinski definition) is 3. The standard InChI is InChI=1S/C20H21F3N4O3S/c1-12-9-27(15-6-4-14(5-7-15)20(21,22)23)18(31-12)24-17(28)25-10-13-3-2-8-26(19(29)30)16(13)11-25/h4-7,9,13,16H,2-3,8,10-11H2,1H3,(H,29,30)/b24-18-. The Labute approximate surface area is 180 Å². The van der Waals surface area contributed by atoms with Crippen LogP contribution in [0, 0.1) is 12.8 Å². The molecule has 0 aliphatic carbocycles. The lowest BCUT2D eigenvalue weighted by atomic mass is 9.92. The second-order valence-electron chi connectivity index (χ2n) is 7.78. The van der Waals surface area contributed by atoms with Crippen LogP contribution < -0.4 is 4.80 Å². The number of hydrogen-bond donors (Lipinski definition) is 1. The van der Waals surface area contributed by atoms with Gasteiger partial charge in [0.05, 0.1) is 11.6 Å². The third-order valence-electron chi connectivity index (χ3n) is 5.73. The molecule has 1 aromatic heterocycles. The Bertz CT molecular complexity index is 1060. The van der Waals surface area contributed by atoms with Crippen molar-refractivity contribution in [2.75, 3.05) is 19.6 Å². The first-order chi connectivity index (χ1) is 14.6. The van der Waals surface area contributed by atoms with Crippen LogP contribution >= 0.6 is 11.3 Å². The first kappa shape index (κ1) is 21.4. The number of piperidine rings is 1. The minimum absolute atomic E-state index is 0.0936. The van der Waals surface area contributed by atoms with Crippen molar-refractivity contribution in [3.05, 3.63) is 45.7 Å². The molecule has 0 saturated carbocycles. The summed E-state index contributed by atoms with van der Waals surface area (Å²) in [6, 6.07) is 3.97. The number of carbonyl (C=O) groups is 2. The van der Waals surface area contributed by atoms with Crippen molar-refractivity contribution in [2.24, 2.45) is 10.9 Å². The molecule has 31 heavy (non-hydrogen) atoms. The topological polar surface area (TPSA) is 78.1 Å². The van der Waals surface area contributed by atoms with E-state index >= 15 is 0 Å². The minimum Gasteiger partial charge on any atom is -0.465 e. The van der Waals surface area contributed by atoms with Gasteiger partial charge in [0.25, 0.3) is 0 Å². The van der Waals surface area contributed by atoms with Gasteiger partial charge in [-0.15, -0.1) is 11.3 Å². The predicted octanol–water partition coefficient (Wildman–Crippen LogP) is 3.96. The third kappa shape index (κ3) is 4.32. The summed E-state index contributed by atoms with van der Waals surface area (Å²) < 4.78 is 40.1. The molecule has 2 saturated heterocycles. The normalized spacial score (nSPS) is 22.0. The number of alkyl halides is 3. The zero-order valence-electron chi connectivity index (χ0n) is 16.7. The molecular weight excluding hydrogens is 433 g/mol. The highest BCUT2D eigenvalue weighted by molar-refractivity contribution is 7.09. The third-order valence-corrected chi connectivity index (χ3v) is 6.63. The van der Waals surface area contributed by atoms with Crippen LogP contribution in [-0.4, -0.2) is 57.3 Å². The number of aromatic nitrogens is 1. The Balaban J connectivity index is 1.59. The maximum Gasteiger partial charge on any atom is 0.416 e. The summed E-state index contributed by atoms with van der Waals surface area (Å²) in [5, 5.41) is 9.41. The van der Waals surface area contributed by atoms with E-state index in [0.717, 1.165) is 29.9 Å². The zero-order chi connectivity index (χ0) is 22.3. The SMILES string of the molecule is Cc1cn(-c2ccc(C(F)(F)F)cc2)/c(=N/C(=O)N2CC3CCCN(C(=O)O)C3C2)s1. The second-order valence-corrected chi connectivity index (χ2v) is 9.00. The van der Waals surface area contributed by atoms with Crippen molar-refractivity contribution in [2.45, 2.75) is 32.0 Å². The lowest BCUT2D eigenvalue weighted by Crippen LogP contribution is -2.47. The number of thiazole rings is 1. The molecule has 166 valence electrons. The van der Waals surface area contributed by atoms with Crippen LogP contribution in [0.2, 0.25) is 0 Å². The van der Waals surface area contributed by atoms with Gasteiger partial charge in [-0.25, -0.2) is 9.59 Å². The van der Waals surface area contributed by atoms with Gasteiger partial charge in [-0.05, 0) is 49.9 Å². The number of nitrogens with zero attached hydrogens (tertiary/aromatic N) is 4. The van der Waals surface area contributed by atoms with Crippen LogP contribution in [0.1, 0.15) is 23.3 Å². The molecule has 2 aliphatic rings. The summed E-state index contributed by atoms with van der Waals surface area (Å²) in [5.41, 5.74) is -0.280. The maximum atomic E-state index is 12.9. The summed E-state index contributed by atoms with van der Waals surface area (Å²) in [4.78, 5) is 32.7. The number of carbonyl (C=O) groups excluding carboxylic acids is 1. The first-order valence-electron chi connectivity index (χ1n) is 9.83. The highest BCUT2D eigenvalue weighted by atomic mass is 32.1. The van der Waals surface area contributed by atoms with E-state index in [1.807, 2.05) is 6.92 Å². The smallest absolute Gasteiger partial charge is 0.416 e. The molecule has 3 amide bonds. The van der Waals surface area contributed by atoms with Gasteiger partial charge in [0.15, 0.2) is 4.80 Å². The molecule has 11 heteroatoms. The molecule has 0 bridgehead atoms. The lowest BCUT2D eigenvalue weighted by Gasteiger charge is -2.34. The summed E-state index contributed by atoms with van der Waals surface area (Å²) in [7, 11) is 0. The van der Waals surface area contributed by atoms with E-state index in [2.05, 4.69) is 4.99 Å². The Kier molecular flexibility index (Phi) is 5.54. The average molecular weight is 454 g/mol. The molecule has 4 rings (SSSR count). The number of urea groups is 1. The number of fused-ring (bicyclic) bond motifs is 1. The van der Waals surface area contributed by atoms with Crippen molar-refractivity contribution in [3.63, 3.8) is 0 Å². The lowest BCUT2D eigenvalue weighted by molar-refractivity contribution is -0.137. The number of benzene rings is 1. The van der Waals surface area contributed by atoms with Gasteiger partial charge in [-0.2, -0.15) is 18.2 Å². The van der Waals surface area contributed by atoms with Crippen LogP contribution in [0.5, 0.6) is 0 Å². The minimum atomic E-state index is -4.42. The van der Waals surface area contributed by atoms with Gasteiger partial charge in [0.1, 0.15) is 0 Å². The van der Waals surface area contributed by atoms with Gasteiger partial charge >= 0.3 is 18.3 Å². The van der Waals surface area contributed by atoms with Crippen LogP contribution in [-0.2, 0) is 6.18 Å². The summed E-state index contributed by atoms with van der Waals surface area (Å²) in [6.07, 6.45) is -2.05. The van der Waals surface area contributed by atoms with Crippen molar-refractivity contribution in [3.8, 4) is 5.69 Å². The van der Waals surface area contributed by atoms with Gasteiger partial charge < -0.3 is 14.9 Å². The molecule has 0 radical (unpaired) electrons. The van der Waals surface area contributed by atoms with Crippen LogP contribution in [0.15, 0.2) is 35.5 Å². The summed E-state index contributed by atoms with van der Waals surface area (Å²) in [6.45, 7) is 3.03. The van der Waals surface area contributed by atoms with Gasteiger partial charge in [-0.1, -0.05) is 0 Å². The number of likely N-dealkylation sites (tertiary alicyclic amines) is 2. The van der Waals surface area contributed by atoms with E-state index in [1.54, 1.807) is 15.7 Å². The average Bonchev–Trinajstić information content (AvgIpc) is 3.30. The monoisotopic (exact) mass is 454 g/mol. The molecule has 0 spiro atoms. The first-order valence-corrected chi connectivity index (χ1v) is 10.6. The van der Waals surface area contributed by atoms with Gasteiger partial charge in [-0.3, -0.25) is 4.57 Å². The van der Waals surface area contributed by atoms with E-state index < -0.39 is 23.9 Å². The molecule has 2 fully saturated rings. The molecule has 1 N–H and O–H groups in total. The van der Waals surface area contributed by atoms with Crippen LogP contribution in [0.25, 0.3) is 5.69 Å². The number of rotatable bonds is 1. The van der Waals surface area contributed by atoms with Crippen molar-refractivity contribution in [1.29, 1.82) is 0 Å². The largest absolute Gasteiger partial charge is 0.465 e. The van der Waals surface area contributed by atoms with Gasteiger partial charge in [0, 0.05) is 36.4 Å². The molecule has 2 aromatic rings. The van der Waals surface area contributed by atoms with Crippen molar-refractivity contribution < 1.29 is 27.9 Å². The van der Waals surface area contributed by atoms with E-state index in [9.17, 15) is 27.9 Å². The Hall–Kier alpha value is -2.82. The van der Waals surface area contributed by atoms with Crippen molar-refractivity contribution >= 4 is 23.5 Å². The van der Waals surface area contributed by atoms with E-state index in [0.29, 0.717) is 30.1 Å². The highest BCUT2D eigenvalue weighted by Gasteiger charge is 2.42. The van der Waals surface area contributed by atoms with E-state index in [4.69, 9.17) is 0 Å². The van der Waals surface area contributed by atoms with Crippen molar-refractivity contribution in [1.82, 2.24) is 14.4 Å². The number of aryl methyl sites for hydroxylation is 1. The molecular formula is C20H21F3N4O3S. The fourth-order valence-electron chi connectivity index (χ4n) is 4.26. The fourth-order valence-corrected chi connectivity index (χ4v) is 5.08. The van der Waals surface area contributed by atoms with Crippen LogP contribution in [0.4, 0.5) is 22.8 Å². The number of amides is 3. The van der Waals surface area contributed by atoms with Crippen LogP contribution in [0.3, 0.4) is 0 Å². The fraction of sp³-hybridized carbons (Fsp3) is 0.450. The molecule has 3 heterocycles. The molecule has 1 aromatic carbocycles. The molecule has 7 nitrogen and oxygen atoms in total. The molecule has 2 unspecified atom stereocenters. The Morgan fingerprint density at radius 3 is 2.55 bits per heavy atom. The second kappa shape index (κ2) is 8.03. The predicted molar refractivity (Wildman–Crippen MR) is 107 cm³/mol. The Morgan fingerprint density at radius 2 is 1.90 bits per heavy atom. The maximum absolute atomic E-state index is 12.9. The summed E-state index contributed by atoms with van der Waals surface area (Å²) >= 11 is 1.26. The quantitative estimate of drug-likeness (QED) is 0.709. The highest BCUT2D eigenvalue weighted by Crippen LogP contribution is 2.31. The van der Waals surface area contributed by atoms with E-state index in [-0.39, 0.29) is 12.0 Å². The molecule has 2 aliphatic heterocycles.